The van der Waals surface area contributed by atoms with Gasteiger partial charge in [0.1, 0.15) is 11.6 Å². The van der Waals surface area contributed by atoms with E-state index >= 15 is 0 Å². The molecule has 1 fully saturated rings. The van der Waals surface area contributed by atoms with Crippen LogP contribution in [0.25, 0.3) is 0 Å². The SMILES string of the molecule is CNCc1nc(N(Cc2ccco2)C2CC2)ccc1Cl. The van der Waals surface area contributed by atoms with E-state index in [1.165, 1.54) is 12.8 Å². The summed E-state index contributed by atoms with van der Waals surface area (Å²) in [7, 11) is 1.90. The molecule has 1 aliphatic rings. The van der Waals surface area contributed by atoms with Crippen LogP contribution in [0.15, 0.2) is 34.9 Å². The van der Waals surface area contributed by atoms with E-state index in [1.54, 1.807) is 6.26 Å². The van der Waals surface area contributed by atoms with E-state index in [0.717, 1.165) is 23.8 Å². The molecule has 0 bridgehead atoms. The van der Waals surface area contributed by atoms with Crippen LogP contribution >= 0.6 is 11.6 Å². The summed E-state index contributed by atoms with van der Waals surface area (Å²) in [5.74, 6) is 1.93. The van der Waals surface area contributed by atoms with Gasteiger partial charge in [-0.2, -0.15) is 0 Å². The van der Waals surface area contributed by atoms with Gasteiger partial charge in [-0.3, -0.25) is 0 Å². The third-order valence-electron chi connectivity index (χ3n) is 3.44. The van der Waals surface area contributed by atoms with E-state index in [0.29, 0.717) is 17.6 Å². The largest absolute Gasteiger partial charge is 0.467 e. The lowest BCUT2D eigenvalue weighted by Crippen LogP contribution is -2.26. The molecule has 0 radical (unpaired) electrons. The maximum absolute atomic E-state index is 6.18. The highest BCUT2D eigenvalue weighted by atomic mass is 35.5. The summed E-state index contributed by atoms with van der Waals surface area (Å²) in [4.78, 5) is 6.99. The smallest absolute Gasteiger partial charge is 0.129 e. The van der Waals surface area contributed by atoms with Crippen molar-refractivity contribution in [3.63, 3.8) is 0 Å². The Morgan fingerprint density at radius 3 is 2.90 bits per heavy atom. The van der Waals surface area contributed by atoms with Crippen molar-refractivity contribution < 1.29 is 4.42 Å². The highest BCUT2D eigenvalue weighted by Gasteiger charge is 2.30. The van der Waals surface area contributed by atoms with Gasteiger partial charge in [-0.25, -0.2) is 4.98 Å². The van der Waals surface area contributed by atoms with Gasteiger partial charge in [-0.05, 0) is 44.2 Å². The number of aromatic nitrogens is 1. The summed E-state index contributed by atoms with van der Waals surface area (Å²) >= 11 is 6.18. The van der Waals surface area contributed by atoms with Gasteiger partial charge in [0.2, 0.25) is 0 Å². The molecule has 2 aromatic heterocycles. The Hall–Kier alpha value is -1.52. The Kier molecular flexibility index (Phi) is 3.94. The van der Waals surface area contributed by atoms with Crippen LogP contribution in [0.2, 0.25) is 5.02 Å². The number of pyridine rings is 1. The summed E-state index contributed by atoms with van der Waals surface area (Å²) < 4.78 is 5.46. The predicted octanol–water partition coefficient (Wildman–Crippen LogP) is 3.22. The molecule has 0 atom stereocenters. The second kappa shape index (κ2) is 5.85. The molecule has 1 N–H and O–H groups in total. The van der Waals surface area contributed by atoms with E-state index < -0.39 is 0 Å². The zero-order valence-electron chi connectivity index (χ0n) is 11.5. The van der Waals surface area contributed by atoms with Crippen LogP contribution in [0, 0.1) is 0 Å². The first-order valence-electron chi connectivity index (χ1n) is 6.87. The molecule has 0 spiro atoms. The fraction of sp³-hybridized carbons (Fsp3) is 0.400. The molecule has 2 heterocycles. The maximum Gasteiger partial charge on any atom is 0.129 e. The van der Waals surface area contributed by atoms with Crippen molar-refractivity contribution in [2.24, 2.45) is 0 Å². The second-order valence-electron chi connectivity index (χ2n) is 5.07. The Balaban J connectivity index is 1.85. The summed E-state index contributed by atoms with van der Waals surface area (Å²) in [5, 5.41) is 3.80. The normalized spacial score (nSPS) is 14.5. The Labute approximate surface area is 123 Å². The molecule has 1 saturated carbocycles. The molecule has 106 valence electrons. The minimum atomic E-state index is 0.566. The van der Waals surface area contributed by atoms with Crippen LogP contribution in [0.4, 0.5) is 5.82 Å². The third kappa shape index (κ3) is 2.97. The van der Waals surface area contributed by atoms with Crippen LogP contribution in [-0.2, 0) is 13.1 Å². The number of hydrogen-bond acceptors (Lipinski definition) is 4. The first-order valence-corrected chi connectivity index (χ1v) is 7.25. The van der Waals surface area contributed by atoms with Crippen molar-refractivity contribution in [3.05, 3.63) is 47.0 Å². The summed E-state index contributed by atoms with van der Waals surface area (Å²) in [5.41, 5.74) is 0.886. The van der Waals surface area contributed by atoms with Crippen LogP contribution in [0.3, 0.4) is 0 Å². The first-order chi connectivity index (χ1) is 9.78. The van der Waals surface area contributed by atoms with Gasteiger partial charge in [0, 0.05) is 12.6 Å². The summed E-state index contributed by atoms with van der Waals surface area (Å²) in [6, 6.07) is 8.40. The number of anilines is 1. The molecular formula is C15H18ClN3O. The molecule has 0 amide bonds. The van der Waals surface area contributed by atoms with Crippen LogP contribution in [0.1, 0.15) is 24.3 Å². The average Bonchev–Trinajstić information content (AvgIpc) is 3.16. The van der Waals surface area contributed by atoms with Crippen LogP contribution in [0.5, 0.6) is 0 Å². The lowest BCUT2D eigenvalue weighted by molar-refractivity contribution is 0.500. The van der Waals surface area contributed by atoms with Gasteiger partial charge in [-0.15, -0.1) is 0 Å². The lowest BCUT2D eigenvalue weighted by atomic mass is 10.3. The minimum absolute atomic E-state index is 0.566. The molecular weight excluding hydrogens is 274 g/mol. The molecule has 0 aliphatic heterocycles. The fourth-order valence-corrected chi connectivity index (χ4v) is 2.45. The third-order valence-corrected chi connectivity index (χ3v) is 3.78. The Morgan fingerprint density at radius 1 is 1.40 bits per heavy atom. The van der Waals surface area contributed by atoms with Crippen molar-refractivity contribution in [2.45, 2.75) is 32.0 Å². The average molecular weight is 292 g/mol. The Morgan fingerprint density at radius 2 is 2.25 bits per heavy atom. The van der Waals surface area contributed by atoms with Crippen LogP contribution < -0.4 is 10.2 Å². The van der Waals surface area contributed by atoms with Crippen molar-refractivity contribution >= 4 is 17.4 Å². The number of rotatable bonds is 6. The van der Waals surface area contributed by atoms with Gasteiger partial charge < -0.3 is 14.6 Å². The zero-order valence-corrected chi connectivity index (χ0v) is 12.2. The number of hydrogen-bond donors (Lipinski definition) is 1. The van der Waals surface area contributed by atoms with E-state index in [-0.39, 0.29) is 0 Å². The predicted molar refractivity (Wildman–Crippen MR) is 79.9 cm³/mol. The van der Waals surface area contributed by atoms with Crippen LogP contribution in [-0.4, -0.2) is 18.1 Å². The molecule has 5 heteroatoms. The number of nitrogens with zero attached hydrogens (tertiary/aromatic N) is 2. The molecule has 0 saturated heterocycles. The quantitative estimate of drug-likeness (QED) is 0.887. The van der Waals surface area contributed by atoms with Crippen molar-refractivity contribution in [2.75, 3.05) is 11.9 Å². The van der Waals surface area contributed by atoms with Gasteiger partial charge in [0.25, 0.3) is 0 Å². The number of nitrogens with one attached hydrogen (secondary N) is 1. The highest BCUT2D eigenvalue weighted by Crippen LogP contribution is 2.33. The molecule has 3 rings (SSSR count). The van der Waals surface area contributed by atoms with E-state index in [1.807, 2.05) is 31.3 Å². The molecule has 1 aliphatic carbocycles. The first kappa shape index (κ1) is 13.5. The van der Waals surface area contributed by atoms with Crippen molar-refractivity contribution in [1.82, 2.24) is 10.3 Å². The Bertz CT molecular complexity index is 567. The fourth-order valence-electron chi connectivity index (χ4n) is 2.28. The van der Waals surface area contributed by atoms with Gasteiger partial charge >= 0.3 is 0 Å². The standard InChI is InChI=1S/C15H18ClN3O/c1-17-9-14-13(16)6-7-15(18-14)19(11-4-5-11)10-12-3-2-8-20-12/h2-3,6-8,11,17H,4-5,9-10H2,1H3. The molecule has 2 aromatic rings. The maximum atomic E-state index is 6.18. The lowest BCUT2D eigenvalue weighted by Gasteiger charge is -2.23. The number of halogens is 1. The van der Waals surface area contributed by atoms with Gasteiger partial charge in [0.15, 0.2) is 0 Å². The second-order valence-corrected chi connectivity index (χ2v) is 5.47. The molecule has 0 aromatic carbocycles. The minimum Gasteiger partial charge on any atom is -0.467 e. The van der Waals surface area contributed by atoms with Gasteiger partial charge in [0.05, 0.1) is 23.5 Å². The molecule has 20 heavy (non-hydrogen) atoms. The van der Waals surface area contributed by atoms with E-state index in [2.05, 4.69) is 10.2 Å². The topological polar surface area (TPSA) is 41.3 Å². The summed E-state index contributed by atoms with van der Waals surface area (Å²) in [6.45, 7) is 1.43. The monoisotopic (exact) mass is 291 g/mol. The van der Waals surface area contributed by atoms with Gasteiger partial charge in [-0.1, -0.05) is 11.6 Å². The van der Waals surface area contributed by atoms with Crippen molar-refractivity contribution in [3.8, 4) is 0 Å². The zero-order chi connectivity index (χ0) is 13.9. The summed E-state index contributed by atoms with van der Waals surface area (Å²) in [6.07, 6.45) is 4.14. The molecule has 0 unspecified atom stereocenters. The number of furan rings is 1. The van der Waals surface area contributed by atoms with E-state index in [9.17, 15) is 0 Å². The highest BCUT2D eigenvalue weighted by molar-refractivity contribution is 6.31. The molecule has 4 nitrogen and oxygen atoms in total. The van der Waals surface area contributed by atoms with E-state index in [4.69, 9.17) is 21.0 Å². The van der Waals surface area contributed by atoms with Crippen molar-refractivity contribution in [1.29, 1.82) is 0 Å².